The van der Waals surface area contributed by atoms with E-state index in [4.69, 9.17) is 0 Å². The second-order valence-electron chi connectivity index (χ2n) is 4.55. The molecule has 0 radical (unpaired) electrons. The normalized spacial score (nSPS) is 21.1. The SMILES string of the molecule is CC(C)Cn1cc(NC2CCSC2)cn1. The molecule has 15 heavy (non-hydrogen) atoms. The summed E-state index contributed by atoms with van der Waals surface area (Å²) in [5.41, 5.74) is 1.17. The average molecular weight is 225 g/mol. The lowest BCUT2D eigenvalue weighted by Gasteiger charge is -2.09. The molecule has 2 heterocycles. The largest absolute Gasteiger partial charge is 0.379 e. The lowest BCUT2D eigenvalue weighted by molar-refractivity contribution is 0.483. The van der Waals surface area contributed by atoms with Crippen LogP contribution in [0.3, 0.4) is 0 Å². The first-order valence-electron chi connectivity index (χ1n) is 5.61. The Morgan fingerprint density at radius 1 is 1.67 bits per heavy atom. The van der Waals surface area contributed by atoms with Crippen molar-refractivity contribution in [1.82, 2.24) is 9.78 Å². The predicted molar refractivity (Wildman–Crippen MR) is 66.4 cm³/mol. The van der Waals surface area contributed by atoms with E-state index in [-0.39, 0.29) is 0 Å². The highest BCUT2D eigenvalue weighted by atomic mass is 32.2. The number of hydrogen-bond acceptors (Lipinski definition) is 3. The molecular formula is C11H19N3S. The van der Waals surface area contributed by atoms with Crippen LogP contribution in [0.25, 0.3) is 0 Å². The third-order valence-electron chi connectivity index (χ3n) is 2.49. The maximum atomic E-state index is 4.35. The van der Waals surface area contributed by atoms with Gasteiger partial charge in [0.05, 0.1) is 11.9 Å². The summed E-state index contributed by atoms with van der Waals surface area (Å²) in [6.07, 6.45) is 5.33. The Balaban J connectivity index is 1.88. The standard InChI is InChI=1S/C11H19N3S/c1-9(2)6-14-7-11(5-12-14)13-10-3-4-15-8-10/h5,7,9-10,13H,3-4,6,8H2,1-2H3. The molecule has 0 spiro atoms. The summed E-state index contributed by atoms with van der Waals surface area (Å²) < 4.78 is 2.02. The number of anilines is 1. The van der Waals surface area contributed by atoms with Gasteiger partial charge in [-0.05, 0) is 18.1 Å². The molecule has 0 aliphatic carbocycles. The van der Waals surface area contributed by atoms with Gasteiger partial charge in [-0.2, -0.15) is 16.9 Å². The summed E-state index contributed by atoms with van der Waals surface area (Å²) in [6.45, 7) is 5.42. The molecule has 3 nitrogen and oxygen atoms in total. The average Bonchev–Trinajstić information content (AvgIpc) is 2.77. The monoisotopic (exact) mass is 225 g/mol. The van der Waals surface area contributed by atoms with Gasteiger partial charge in [-0.3, -0.25) is 4.68 Å². The van der Waals surface area contributed by atoms with Crippen molar-refractivity contribution < 1.29 is 0 Å². The molecule has 1 atom stereocenters. The van der Waals surface area contributed by atoms with E-state index in [2.05, 4.69) is 30.5 Å². The van der Waals surface area contributed by atoms with Gasteiger partial charge in [-0.1, -0.05) is 13.8 Å². The number of nitrogens with one attached hydrogen (secondary N) is 1. The van der Waals surface area contributed by atoms with Gasteiger partial charge < -0.3 is 5.32 Å². The van der Waals surface area contributed by atoms with Crippen molar-refractivity contribution >= 4 is 17.4 Å². The Hall–Kier alpha value is -0.640. The second kappa shape index (κ2) is 4.92. The first-order valence-corrected chi connectivity index (χ1v) is 6.76. The van der Waals surface area contributed by atoms with Crippen LogP contribution in [-0.4, -0.2) is 27.3 Å². The highest BCUT2D eigenvalue weighted by molar-refractivity contribution is 7.99. The Kier molecular flexibility index (Phi) is 3.57. The Morgan fingerprint density at radius 2 is 2.53 bits per heavy atom. The van der Waals surface area contributed by atoms with Crippen LogP contribution in [0.4, 0.5) is 5.69 Å². The summed E-state index contributed by atoms with van der Waals surface area (Å²) in [7, 11) is 0. The minimum absolute atomic E-state index is 0.645. The van der Waals surface area contributed by atoms with Crippen molar-refractivity contribution in [2.45, 2.75) is 32.9 Å². The summed E-state index contributed by atoms with van der Waals surface area (Å²) in [5, 5.41) is 7.88. The fourth-order valence-electron chi connectivity index (χ4n) is 1.80. The van der Waals surface area contributed by atoms with Crippen molar-refractivity contribution in [2.24, 2.45) is 5.92 Å². The molecule has 0 saturated carbocycles. The van der Waals surface area contributed by atoms with Gasteiger partial charge in [0, 0.05) is 24.5 Å². The van der Waals surface area contributed by atoms with E-state index in [0.29, 0.717) is 12.0 Å². The number of hydrogen-bond donors (Lipinski definition) is 1. The zero-order valence-electron chi connectivity index (χ0n) is 9.44. The Morgan fingerprint density at radius 3 is 3.20 bits per heavy atom. The predicted octanol–water partition coefficient (Wildman–Crippen LogP) is 2.46. The molecule has 1 unspecified atom stereocenters. The first-order chi connectivity index (χ1) is 7.24. The van der Waals surface area contributed by atoms with E-state index < -0.39 is 0 Å². The van der Waals surface area contributed by atoms with E-state index in [9.17, 15) is 0 Å². The number of nitrogens with zero attached hydrogens (tertiary/aromatic N) is 2. The highest BCUT2D eigenvalue weighted by Crippen LogP contribution is 2.21. The van der Waals surface area contributed by atoms with Crippen molar-refractivity contribution in [2.75, 3.05) is 16.8 Å². The van der Waals surface area contributed by atoms with Crippen molar-refractivity contribution in [3.05, 3.63) is 12.4 Å². The molecule has 0 aromatic carbocycles. The summed E-state index contributed by atoms with van der Waals surface area (Å²) in [4.78, 5) is 0. The van der Waals surface area contributed by atoms with Gasteiger partial charge in [0.15, 0.2) is 0 Å². The van der Waals surface area contributed by atoms with Crippen LogP contribution in [0.2, 0.25) is 0 Å². The third kappa shape index (κ3) is 3.16. The van der Waals surface area contributed by atoms with Crippen molar-refractivity contribution in [1.29, 1.82) is 0 Å². The number of rotatable bonds is 4. The maximum absolute atomic E-state index is 4.35. The van der Waals surface area contributed by atoms with Crippen LogP contribution in [0.15, 0.2) is 12.4 Å². The van der Waals surface area contributed by atoms with E-state index in [0.717, 1.165) is 6.54 Å². The van der Waals surface area contributed by atoms with E-state index in [1.165, 1.54) is 23.6 Å². The van der Waals surface area contributed by atoms with E-state index in [1.807, 2.05) is 22.6 Å². The van der Waals surface area contributed by atoms with Gasteiger partial charge in [0.25, 0.3) is 0 Å². The minimum atomic E-state index is 0.645. The van der Waals surface area contributed by atoms with Gasteiger partial charge >= 0.3 is 0 Å². The van der Waals surface area contributed by atoms with Gasteiger partial charge in [0.2, 0.25) is 0 Å². The topological polar surface area (TPSA) is 29.9 Å². The summed E-state index contributed by atoms with van der Waals surface area (Å²) >= 11 is 2.03. The van der Waals surface area contributed by atoms with Crippen LogP contribution in [0.1, 0.15) is 20.3 Å². The smallest absolute Gasteiger partial charge is 0.0728 e. The second-order valence-corrected chi connectivity index (χ2v) is 5.70. The molecule has 1 saturated heterocycles. The lowest BCUT2D eigenvalue weighted by Crippen LogP contribution is -2.17. The van der Waals surface area contributed by atoms with Crippen molar-refractivity contribution in [3.8, 4) is 0 Å². The molecule has 0 bridgehead atoms. The van der Waals surface area contributed by atoms with Gasteiger partial charge in [-0.25, -0.2) is 0 Å². The minimum Gasteiger partial charge on any atom is -0.379 e. The van der Waals surface area contributed by atoms with Crippen LogP contribution in [-0.2, 0) is 6.54 Å². The van der Waals surface area contributed by atoms with Gasteiger partial charge in [0.1, 0.15) is 0 Å². The molecule has 0 amide bonds. The zero-order chi connectivity index (χ0) is 10.7. The van der Waals surface area contributed by atoms with Crippen LogP contribution in [0, 0.1) is 5.92 Å². The third-order valence-corrected chi connectivity index (χ3v) is 3.65. The molecule has 1 aromatic heterocycles. The fraction of sp³-hybridized carbons (Fsp3) is 0.727. The van der Waals surface area contributed by atoms with Gasteiger partial charge in [-0.15, -0.1) is 0 Å². The first kappa shape index (κ1) is 10.9. The lowest BCUT2D eigenvalue weighted by atomic mass is 10.2. The number of thioether (sulfide) groups is 1. The molecular weight excluding hydrogens is 206 g/mol. The molecule has 1 aliphatic rings. The molecule has 1 aromatic rings. The highest BCUT2D eigenvalue weighted by Gasteiger charge is 2.15. The molecule has 1 fully saturated rings. The molecule has 84 valence electrons. The van der Waals surface area contributed by atoms with Crippen molar-refractivity contribution in [3.63, 3.8) is 0 Å². The maximum Gasteiger partial charge on any atom is 0.0728 e. The summed E-state index contributed by atoms with van der Waals surface area (Å²) in [5.74, 6) is 3.17. The molecule has 2 rings (SSSR count). The Bertz CT molecular complexity index is 303. The molecule has 1 N–H and O–H groups in total. The summed E-state index contributed by atoms with van der Waals surface area (Å²) in [6, 6.07) is 0.645. The number of aromatic nitrogens is 2. The van der Waals surface area contributed by atoms with Crippen LogP contribution < -0.4 is 5.32 Å². The van der Waals surface area contributed by atoms with Crippen LogP contribution in [0.5, 0.6) is 0 Å². The quantitative estimate of drug-likeness (QED) is 0.853. The Labute approximate surface area is 95.6 Å². The van der Waals surface area contributed by atoms with E-state index in [1.54, 1.807) is 0 Å². The molecule has 1 aliphatic heterocycles. The zero-order valence-corrected chi connectivity index (χ0v) is 10.3. The van der Waals surface area contributed by atoms with Crippen LogP contribution >= 0.6 is 11.8 Å². The van der Waals surface area contributed by atoms with E-state index >= 15 is 0 Å². The molecule has 4 heteroatoms. The fourth-order valence-corrected chi connectivity index (χ4v) is 2.95.